The van der Waals surface area contributed by atoms with E-state index < -0.39 is 0 Å². The molecule has 1 saturated carbocycles. The first kappa shape index (κ1) is 15.3. The molecule has 0 aromatic heterocycles. The largest absolute Gasteiger partial charge is 0.315 e. The first-order valence-corrected chi connectivity index (χ1v) is 7.84. The van der Waals surface area contributed by atoms with Gasteiger partial charge in [-0.05, 0) is 44.3 Å². The topological polar surface area (TPSA) is 15.3 Å². The summed E-state index contributed by atoms with van der Waals surface area (Å²) in [4.78, 5) is 2.47. The lowest BCUT2D eigenvalue weighted by molar-refractivity contribution is 0.243. The molecule has 0 amide bonds. The van der Waals surface area contributed by atoms with Crippen LogP contribution in [0.5, 0.6) is 0 Å². The number of likely N-dealkylation sites (N-methyl/N-ethyl adjacent to an activating group) is 1. The van der Waals surface area contributed by atoms with Crippen molar-refractivity contribution < 1.29 is 0 Å². The van der Waals surface area contributed by atoms with E-state index in [4.69, 9.17) is 11.6 Å². The molecule has 2 nitrogen and oxygen atoms in total. The number of nitrogens with one attached hydrogen (secondary N) is 1. The third-order valence-corrected chi connectivity index (χ3v) is 4.57. The van der Waals surface area contributed by atoms with E-state index in [0.29, 0.717) is 0 Å². The Morgan fingerprint density at radius 1 is 1.12 bits per heavy atom. The lowest BCUT2D eigenvalue weighted by atomic mass is 9.80. The van der Waals surface area contributed by atoms with Crippen LogP contribution < -0.4 is 5.32 Å². The van der Waals surface area contributed by atoms with Crippen LogP contribution >= 0.6 is 11.6 Å². The molecule has 1 fully saturated rings. The van der Waals surface area contributed by atoms with Crippen LogP contribution in [-0.2, 0) is 0 Å². The number of rotatable bonds is 8. The van der Waals surface area contributed by atoms with Crippen molar-refractivity contribution in [3.05, 3.63) is 0 Å². The number of alkyl halides is 1. The van der Waals surface area contributed by atoms with E-state index in [1.807, 2.05) is 0 Å². The van der Waals surface area contributed by atoms with Gasteiger partial charge in [-0.1, -0.05) is 26.7 Å². The Bertz CT molecular complexity index is 183. The van der Waals surface area contributed by atoms with Gasteiger partial charge in [0, 0.05) is 19.0 Å². The lowest BCUT2D eigenvalue weighted by Crippen LogP contribution is -2.36. The van der Waals surface area contributed by atoms with Gasteiger partial charge in [0.15, 0.2) is 0 Å². The number of hydrogen-bond acceptors (Lipinski definition) is 2. The second kappa shape index (κ2) is 9.18. The average Bonchev–Trinajstić information content (AvgIpc) is 2.39. The molecule has 0 aromatic carbocycles. The van der Waals surface area contributed by atoms with Crippen LogP contribution in [0.4, 0.5) is 0 Å². The normalized spacial score (nSPS) is 25.4. The molecule has 0 bridgehead atoms. The van der Waals surface area contributed by atoms with Crippen molar-refractivity contribution in [1.29, 1.82) is 0 Å². The summed E-state index contributed by atoms with van der Waals surface area (Å²) in [5.74, 6) is 2.42. The zero-order valence-corrected chi connectivity index (χ0v) is 12.3. The molecular formula is C14H29ClN2. The summed E-state index contributed by atoms with van der Waals surface area (Å²) in [6, 6.07) is 0. The zero-order valence-electron chi connectivity index (χ0n) is 11.6. The minimum atomic E-state index is 0.756. The minimum Gasteiger partial charge on any atom is -0.315 e. The van der Waals surface area contributed by atoms with Crippen LogP contribution in [-0.4, -0.2) is 43.5 Å². The van der Waals surface area contributed by atoms with Crippen molar-refractivity contribution in [2.45, 2.75) is 39.5 Å². The quantitative estimate of drug-likeness (QED) is 0.533. The Morgan fingerprint density at radius 3 is 2.35 bits per heavy atom. The zero-order chi connectivity index (χ0) is 12.5. The maximum absolute atomic E-state index is 6.05. The van der Waals surface area contributed by atoms with Gasteiger partial charge in [0.1, 0.15) is 0 Å². The van der Waals surface area contributed by atoms with Gasteiger partial charge in [0.2, 0.25) is 0 Å². The van der Waals surface area contributed by atoms with Gasteiger partial charge in [0.25, 0.3) is 0 Å². The highest BCUT2D eigenvalue weighted by Gasteiger charge is 2.23. The molecule has 0 heterocycles. The van der Waals surface area contributed by atoms with Crippen LogP contribution in [0, 0.1) is 11.8 Å². The molecule has 0 aromatic rings. The lowest BCUT2D eigenvalue weighted by Gasteiger charge is -2.30. The highest BCUT2D eigenvalue weighted by molar-refractivity contribution is 6.18. The van der Waals surface area contributed by atoms with E-state index in [9.17, 15) is 0 Å². The van der Waals surface area contributed by atoms with Gasteiger partial charge in [0.05, 0.1) is 0 Å². The van der Waals surface area contributed by atoms with Gasteiger partial charge in [-0.25, -0.2) is 0 Å². The fraction of sp³-hybridized carbons (Fsp3) is 1.00. The second-order valence-electron chi connectivity index (χ2n) is 5.19. The molecule has 102 valence electrons. The number of hydrogen-bond donors (Lipinski definition) is 1. The smallest absolute Gasteiger partial charge is 0.0254 e. The fourth-order valence-corrected chi connectivity index (χ4v) is 3.23. The Hall–Kier alpha value is 0.210. The Balaban J connectivity index is 2.12. The highest BCUT2D eigenvalue weighted by Crippen LogP contribution is 2.30. The highest BCUT2D eigenvalue weighted by atomic mass is 35.5. The number of nitrogens with zero attached hydrogens (tertiary/aromatic N) is 1. The van der Waals surface area contributed by atoms with Crippen molar-refractivity contribution in [1.82, 2.24) is 10.2 Å². The summed E-state index contributed by atoms with van der Waals surface area (Å²) in [5, 5.41) is 3.62. The van der Waals surface area contributed by atoms with Crippen LogP contribution in [0.25, 0.3) is 0 Å². The SMILES string of the molecule is CCN(CC)CCNCC1CCCCC1CCl. The molecular weight excluding hydrogens is 232 g/mol. The molecule has 17 heavy (non-hydrogen) atoms. The molecule has 1 aliphatic rings. The molecule has 2 unspecified atom stereocenters. The Kier molecular flexibility index (Phi) is 8.25. The summed E-state index contributed by atoms with van der Waals surface area (Å²) >= 11 is 6.05. The van der Waals surface area contributed by atoms with Crippen LogP contribution in [0.2, 0.25) is 0 Å². The fourth-order valence-electron chi connectivity index (χ4n) is 2.82. The molecule has 0 aliphatic heterocycles. The van der Waals surface area contributed by atoms with Crippen LogP contribution in [0.15, 0.2) is 0 Å². The second-order valence-corrected chi connectivity index (χ2v) is 5.50. The summed E-state index contributed by atoms with van der Waals surface area (Å²) in [6.45, 7) is 10.2. The van der Waals surface area contributed by atoms with E-state index in [2.05, 4.69) is 24.1 Å². The van der Waals surface area contributed by atoms with Crippen molar-refractivity contribution in [3.8, 4) is 0 Å². The minimum absolute atomic E-state index is 0.756. The Labute approximate surface area is 112 Å². The van der Waals surface area contributed by atoms with Gasteiger partial charge < -0.3 is 10.2 Å². The molecule has 3 heteroatoms. The van der Waals surface area contributed by atoms with Crippen molar-refractivity contribution in [2.24, 2.45) is 11.8 Å². The predicted molar refractivity (Wildman–Crippen MR) is 76.8 cm³/mol. The Morgan fingerprint density at radius 2 is 1.76 bits per heavy atom. The average molecular weight is 261 g/mol. The third kappa shape index (κ3) is 5.58. The van der Waals surface area contributed by atoms with Gasteiger partial charge in [-0.2, -0.15) is 0 Å². The van der Waals surface area contributed by atoms with Gasteiger partial charge in [-0.3, -0.25) is 0 Å². The third-order valence-electron chi connectivity index (χ3n) is 4.17. The summed E-state index contributed by atoms with van der Waals surface area (Å²) in [6.07, 6.45) is 5.49. The van der Waals surface area contributed by atoms with E-state index >= 15 is 0 Å². The first-order valence-electron chi connectivity index (χ1n) is 7.30. The van der Waals surface area contributed by atoms with Gasteiger partial charge in [-0.15, -0.1) is 11.6 Å². The standard InChI is InChI=1S/C14H29ClN2/c1-3-17(4-2)10-9-16-12-14-8-6-5-7-13(14)11-15/h13-14,16H,3-12H2,1-2H3. The molecule has 2 atom stereocenters. The summed E-state index contributed by atoms with van der Waals surface area (Å²) < 4.78 is 0. The molecule has 0 spiro atoms. The maximum atomic E-state index is 6.05. The van der Waals surface area contributed by atoms with E-state index in [0.717, 1.165) is 37.4 Å². The van der Waals surface area contributed by atoms with E-state index in [1.54, 1.807) is 0 Å². The molecule has 1 aliphatic carbocycles. The predicted octanol–water partition coefficient (Wildman–Crippen LogP) is 2.96. The number of halogens is 1. The van der Waals surface area contributed by atoms with E-state index in [1.165, 1.54) is 38.8 Å². The van der Waals surface area contributed by atoms with Crippen molar-refractivity contribution >= 4 is 11.6 Å². The first-order chi connectivity index (χ1) is 8.31. The monoisotopic (exact) mass is 260 g/mol. The molecule has 1 rings (SSSR count). The summed E-state index contributed by atoms with van der Waals surface area (Å²) in [7, 11) is 0. The molecule has 0 radical (unpaired) electrons. The van der Waals surface area contributed by atoms with Gasteiger partial charge >= 0.3 is 0 Å². The van der Waals surface area contributed by atoms with Crippen LogP contribution in [0.3, 0.4) is 0 Å². The van der Waals surface area contributed by atoms with Crippen LogP contribution in [0.1, 0.15) is 39.5 Å². The molecule has 0 saturated heterocycles. The van der Waals surface area contributed by atoms with Crippen molar-refractivity contribution in [3.63, 3.8) is 0 Å². The summed E-state index contributed by atoms with van der Waals surface area (Å²) in [5.41, 5.74) is 0. The van der Waals surface area contributed by atoms with E-state index in [-0.39, 0.29) is 0 Å². The van der Waals surface area contributed by atoms with Crippen molar-refractivity contribution in [2.75, 3.05) is 38.6 Å². The maximum Gasteiger partial charge on any atom is 0.0254 e. The molecule has 1 N–H and O–H groups in total.